The quantitative estimate of drug-likeness (QED) is 0.786. The van der Waals surface area contributed by atoms with Crippen LogP contribution in [0.5, 0.6) is 0 Å². The molecule has 3 fully saturated rings. The average molecular weight is 264 g/mol. The van der Waals surface area contributed by atoms with Gasteiger partial charge in [-0.2, -0.15) is 0 Å². The van der Waals surface area contributed by atoms with E-state index in [1.54, 1.807) is 0 Å². The van der Waals surface area contributed by atoms with Crippen LogP contribution in [0, 0.1) is 11.8 Å². The molecule has 0 aromatic rings. The van der Waals surface area contributed by atoms with Crippen LogP contribution in [-0.4, -0.2) is 37.1 Å². The van der Waals surface area contributed by atoms with Crippen molar-refractivity contribution in [1.82, 2.24) is 10.2 Å². The number of nitrogens with one attached hydrogen (secondary N) is 1. The lowest BCUT2D eigenvalue weighted by Crippen LogP contribution is -2.44. The van der Waals surface area contributed by atoms with Crippen LogP contribution < -0.4 is 5.32 Å². The van der Waals surface area contributed by atoms with Gasteiger partial charge in [0.25, 0.3) is 0 Å². The molecule has 2 nitrogen and oxygen atoms in total. The smallest absolute Gasteiger partial charge is 0.0108 e. The van der Waals surface area contributed by atoms with Gasteiger partial charge in [0.1, 0.15) is 0 Å². The molecule has 1 saturated carbocycles. The first-order valence-corrected chi connectivity index (χ1v) is 8.87. The van der Waals surface area contributed by atoms with Crippen LogP contribution in [0.1, 0.15) is 64.2 Å². The standard InChI is InChI=1S/C17H32N2/c1-2-4-8-15(7-3-1)13-19-12-6-9-16(14-19)17-10-5-11-18-17/h15-18H,1-14H2. The summed E-state index contributed by atoms with van der Waals surface area (Å²) < 4.78 is 0. The number of likely N-dealkylation sites (tertiary alicyclic amines) is 1. The maximum Gasteiger partial charge on any atom is 0.0108 e. The van der Waals surface area contributed by atoms with Crippen molar-refractivity contribution < 1.29 is 0 Å². The number of rotatable bonds is 3. The number of hydrogen-bond acceptors (Lipinski definition) is 2. The number of piperidine rings is 1. The molecule has 2 heteroatoms. The fraction of sp³-hybridized carbons (Fsp3) is 1.00. The summed E-state index contributed by atoms with van der Waals surface area (Å²) in [5, 5.41) is 3.73. The lowest BCUT2D eigenvalue weighted by Gasteiger charge is -2.37. The van der Waals surface area contributed by atoms with Crippen LogP contribution in [0.2, 0.25) is 0 Å². The van der Waals surface area contributed by atoms with Crippen molar-refractivity contribution in [3.63, 3.8) is 0 Å². The van der Waals surface area contributed by atoms with Crippen molar-refractivity contribution in [2.75, 3.05) is 26.2 Å². The van der Waals surface area contributed by atoms with Crippen molar-refractivity contribution in [1.29, 1.82) is 0 Å². The van der Waals surface area contributed by atoms with E-state index in [2.05, 4.69) is 10.2 Å². The molecule has 0 aromatic heterocycles. The van der Waals surface area contributed by atoms with Crippen molar-refractivity contribution in [3.8, 4) is 0 Å². The van der Waals surface area contributed by atoms with Crippen LogP contribution in [0.3, 0.4) is 0 Å². The average Bonchev–Trinajstić information content (AvgIpc) is 2.86. The van der Waals surface area contributed by atoms with Gasteiger partial charge >= 0.3 is 0 Å². The molecule has 2 saturated heterocycles. The monoisotopic (exact) mass is 264 g/mol. The Labute approximate surface area is 119 Å². The van der Waals surface area contributed by atoms with E-state index in [9.17, 15) is 0 Å². The largest absolute Gasteiger partial charge is 0.314 e. The van der Waals surface area contributed by atoms with Gasteiger partial charge < -0.3 is 10.2 Å². The van der Waals surface area contributed by atoms with Crippen LogP contribution in [0.4, 0.5) is 0 Å². The highest BCUT2D eigenvalue weighted by atomic mass is 15.1. The van der Waals surface area contributed by atoms with E-state index in [0.29, 0.717) is 0 Å². The summed E-state index contributed by atoms with van der Waals surface area (Å²) in [5.74, 6) is 1.96. The van der Waals surface area contributed by atoms with Crippen LogP contribution in [0.15, 0.2) is 0 Å². The molecule has 0 spiro atoms. The molecule has 0 aromatic carbocycles. The van der Waals surface area contributed by atoms with E-state index < -0.39 is 0 Å². The second-order valence-corrected chi connectivity index (χ2v) is 7.22. The minimum Gasteiger partial charge on any atom is -0.314 e. The van der Waals surface area contributed by atoms with E-state index in [0.717, 1.165) is 17.9 Å². The molecule has 0 bridgehead atoms. The fourth-order valence-electron chi connectivity index (χ4n) is 4.61. The summed E-state index contributed by atoms with van der Waals surface area (Å²) in [6.45, 7) is 5.43. The van der Waals surface area contributed by atoms with Gasteiger partial charge in [0.05, 0.1) is 0 Å². The van der Waals surface area contributed by atoms with E-state index in [-0.39, 0.29) is 0 Å². The zero-order chi connectivity index (χ0) is 12.9. The highest BCUT2D eigenvalue weighted by Gasteiger charge is 2.29. The predicted molar refractivity (Wildman–Crippen MR) is 81.4 cm³/mol. The van der Waals surface area contributed by atoms with Crippen LogP contribution >= 0.6 is 0 Å². The van der Waals surface area contributed by atoms with E-state index >= 15 is 0 Å². The molecule has 1 aliphatic carbocycles. The molecule has 110 valence electrons. The molecule has 19 heavy (non-hydrogen) atoms. The van der Waals surface area contributed by atoms with Crippen LogP contribution in [0.25, 0.3) is 0 Å². The van der Waals surface area contributed by atoms with Gasteiger partial charge in [0.15, 0.2) is 0 Å². The molecule has 2 unspecified atom stereocenters. The summed E-state index contributed by atoms with van der Waals surface area (Å²) in [7, 11) is 0. The number of hydrogen-bond donors (Lipinski definition) is 1. The van der Waals surface area contributed by atoms with Crippen molar-refractivity contribution in [2.45, 2.75) is 70.3 Å². The highest BCUT2D eigenvalue weighted by molar-refractivity contribution is 4.86. The van der Waals surface area contributed by atoms with Gasteiger partial charge in [-0.1, -0.05) is 25.7 Å². The minimum atomic E-state index is 0.844. The molecule has 3 aliphatic rings. The first-order valence-electron chi connectivity index (χ1n) is 8.87. The van der Waals surface area contributed by atoms with Crippen molar-refractivity contribution in [3.05, 3.63) is 0 Å². The Bertz CT molecular complexity index is 250. The van der Waals surface area contributed by atoms with E-state index in [1.807, 2.05) is 0 Å². The minimum absolute atomic E-state index is 0.844. The summed E-state index contributed by atoms with van der Waals surface area (Å²) in [6.07, 6.45) is 14.7. The topological polar surface area (TPSA) is 15.3 Å². The maximum absolute atomic E-state index is 3.73. The Balaban J connectivity index is 1.47. The van der Waals surface area contributed by atoms with Crippen LogP contribution in [-0.2, 0) is 0 Å². The molecular formula is C17H32N2. The lowest BCUT2D eigenvalue weighted by molar-refractivity contribution is 0.128. The molecule has 1 N–H and O–H groups in total. The van der Waals surface area contributed by atoms with Gasteiger partial charge in [-0.25, -0.2) is 0 Å². The Morgan fingerprint density at radius 2 is 1.68 bits per heavy atom. The highest BCUT2D eigenvalue weighted by Crippen LogP contribution is 2.28. The van der Waals surface area contributed by atoms with Crippen molar-refractivity contribution >= 4 is 0 Å². The molecule has 2 aliphatic heterocycles. The molecule has 3 rings (SSSR count). The fourth-order valence-corrected chi connectivity index (χ4v) is 4.61. The van der Waals surface area contributed by atoms with Gasteiger partial charge in [-0.05, 0) is 63.5 Å². The summed E-state index contributed by atoms with van der Waals surface area (Å²) in [5.41, 5.74) is 0. The van der Waals surface area contributed by atoms with Crippen molar-refractivity contribution in [2.24, 2.45) is 11.8 Å². The normalized spacial score (nSPS) is 35.4. The third kappa shape index (κ3) is 3.95. The third-order valence-electron chi connectivity index (χ3n) is 5.70. The Morgan fingerprint density at radius 3 is 2.42 bits per heavy atom. The molecule has 2 heterocycles. The SMILES string of the molecule is C1CCCC(CN2CCCC(C3CCCN3)C2)CC1. The molecular weight excluding hydrogens is 232 g/mol. The Hall–Kier alpha value is -0.0800. The molecule has 0 amide bonds. The maximum atomic E-state index is 3.73. The Kier molecular flexibility index (Phi) is 5.17. The first kappa shape index (κ1) is 13.9. The molecule has 0 radical (unpaired) electrons. The lowest BCUT2D eigenvalue weighted by atomic mass is 9.88. The molecule has 2 atom stereocenters. The van der Waals surface area contributed by atoms with E-state index in [1.165, 1.54) is 90.4 Å². The van der Waals surface area contributed by atoms with Gasteiger partial charge in [0.2, 0.25) is 0 Å². The Morgan fingerprint density at radius 1 is 0.842 bits per heavy atom. The third-order valence-corrected chi connectivity index (χ3v) is 5.70. The second kappa shape index (κ2) is 7.08. The first-order chi connectivity index (χ1) is 9.42. The summed E-state index contributed by atoms with van der Waals surface area (Å²) in [6, 6.07) is 0.844. The predicted octanol–water partition coefficient (Wildman–Crippen LogP) is 3.42. The zero-order valence-corrected chi connectivity index (χ0v) is 12.6. The summed E-state index contributed by atoms with van der Waals surface area (Å²) in [4.78, 5) is 2.81. The number of nitrogens with zero attached hydrogens (tertiary/aromatic N) is 1. The van der Waals surface area contributed by atoms with Gasteiger partial charge in [-0.3, -0.25) is 0 Å². The second-order valence-electron chi connectivity index (χ2n) is 7.22. The van der Waals surface area contributed by atoms with Gasteiger partial charge in [-0.15, -0.1) is 0 Å². The zero-order valence-electron chi connectivity index (χ0n) is 12.6. The summed E-state index contributed by atoms with van der Waals surface area (Å²) >= 11 is 0. The van der Waals surface area contributed by atoms with Gasteiger partial charge in [0, 0.05) is 19.1 Å². The van der Waals surface area contributed by atoms with E-state index in [4.69, 9.17) is 0 Å².